The zero-order valence-electron chi connectivity index (χ0n) is 11.8. The van der Waals surface area contributed by atoms with Crippen molar-refractivity contribution in [1.82, 2.24) is 0 Å². The molecule has 3 heteroatoms. The van der Waals surface area contributed by atoms with Gasteiger partial charge in [0.05, 0.1) is 0 Å². The Hall–Kier alpha value is -1.90. The van der Waals surface area contributed by atoms with Crippen LogP contribution in [-0.4, -0.2) is 5.11 Å². The van der Waals surface area contributed by atoms with Crippen LogP contribution in [0.3, 0.4) is 0 Å². The number of phenols is 1. The van der Waals surface area contributed by atoms with Crippen molar-refractivity contribution in [2.75, 3.05) is 0 Å². The predicted molar refractivity (Wildman–Crippen MR) is 78.3 cm³/mol. The largest absolute Gasteiger partial charge is 0.508 e. The van der Waals surface area contributed by atoms with Gasteiger partial charge in [-0.3, -0.25) is 0 Å². The van der Waals surface area contributed by atoms with Gasteiger partial charge in [-0.2, -0.15) is 0 Å². The van der Waals surface area contributed by atoms with Crippen molar-refractivity contribution in [3.63, 3.8) is 0 Å². The Morgan fingerprint density at radius 2 is 1.38 bits per heavy atom. The van der Waals surface area contributed by atoms with E-state index in [4.69, 9.17) is 0 Å². The van der Waals surface area contributed by atoms with E-state index in [0.29, 0.717) is 0 Å². The summed E-state index contributed by atoms with van der Waals surface area (Å²) in [5.74, 6) is -0.798. The number of benzene rings is 2. The number of hydrogen-bond acceptors (Lipinski definition) is 1. The van der Waals surface area contributed by atoms with Crippen LogP contribution < -0.4 is 0 Å². The molecule has 1 N–H and O–H groups in total. The maximum Gasteiger partial charge on any atom is 0.130 e. The number of hydrogen-bond donors (Lipinski definition) is 1. The Balaban J connectivity index is 2.20. The maximum absolute atomic E-state index is 14.4. The Bertz CT molecular complexity index is 608. The van der Waals surface area contributed by atoms with E-state index in [1.807, 2.05) is 0 Å². The SMILES string of the molecule is Oc1ccc(C2(c3c(F)cccc3F)CCCCC2)cc1. The molecule has 1 aliphatic rings. The summed E-state index contributed by atoms with van der Waals surface area (Å²) in [5, 5.41) is 9.47. The van der Waals surface area contributed by atoms with Crippen molar-refractivity contribution < 1.29 is 13.9 Å². The lowest BCUT2D eigenvalue weighted by Crippen LogP contribution is -2.32. The monoisotopic (exact) mass is 288 g/mol. The van der Waals surface area contributed by atoms with Gasteiger partial charge in [-0.15, -0.1) is 0 Å². The van der Waals surface area contributed by atoms with E-state index in [9.17, 15) is 13.9 Å². The second-order valence-corrected chi connectivity index (χ2v) is 5.79. The second kappa shape index (κ2) is 5.47. The molecule has 0 saturated heterocycles. The van der Waals surface area contributed by atoms with E-state index in [0.717, 1.165) is 37.7 Å². The third-order valence-corrected chi connectivity index (χ3v) is 4.57. The van der Waals surface area contributed by atoms with E-state index in [-0.39, 0.29) is 11.3 Å². The van der Waals surface area contributed by atoms with Gasteiger partial charge in [-0.05, 0) is 42.7 Å². The molecule has 2 aromatic carbocycles. The van der Waals surface area contributed by atoms with Crippen LogP contribution in [0.25, 0.3) is 0 Å². The summed E-state index contributed by atoms with van der Waals surface area (Å²) in [6.45, 7) is 0. The van der Waals surface area contributed by atoms with Crippen molar-refractivity contribution in [1.29, 1.82) is 0 Å². The van der Waals surface area contributed by atoms with Gasteiger partial charge in [-0.1, -0.05) is 37.5 Å². The van der Waals surface area contributed by atoms with E-state index < -0.39 is 17.0 Å². The molecule has 0 bridgehead atoms. The first-order valence-electron chi connectivity index (χ1n) is 7.37. The van der Waals surface area contributed by atoms with Gasteiger partial charge in [0, 0.05) is 11.0 Å². The molecule has 1 nitrogen and oxygen atoms in total. The molecule has 0 unspecified atom stereocenters. The molecule has 0 spiro atoms. The summed E-state index contributed by atoms with van der Waals surface area (Å²) in [7, 11) is 0. The summed E-state index contributed by atoms with van der Waals surface area (Å²) in [6, 6.07) is 10.8. The number of halogens is 2. The highest BCUT2D eigenvalue weighted by atomic mass is 19.1. The van der Waals surface area contributed by atoms with Crippen LogP contribution in [-0.2, 0) is 5.41 Å². The first-order chi connectivity index (χ1) is 10.1. The zero-order chi connectivity index (χ0) is 14.9. The topological polar surface area (TPSA) is 20.2 Å². The Kier molecular flexibility index (Phi) is 3.66. The van der Waals surface area contributed by atoms with Crippen LogP contribution in [0.4, 0.5) is 8.78 Å². The van der Waals surface area contributed by atoms with Gasteiger partial charge >= 0.3 is 0 Å². The minimum Gasteiger partial charge on any atom is -0.508 e. The van der Waals surface area contributed by atoms with Crippen LogP contribution in [0, 0.1) is 11.6 Å². The molecule has 110 valence electrons. The first-order valence-corrected chi connectivity index (χ1v) is 7.37. The van der Waals surface area contributed by atoms with Crippen LogP contribution in [0.2, 0.25) is 0 Å². The van der Waals surface area contributed by atoms with Crippen LogP contribution >= 0.6 is 0 Å². The Morgan fingerprint density at radius 3 is 1.95 bits per heavy atom. The van der Waals surface area contributed by atoms with Crippen molar-refractivity contribution in [3.8, 4) is 5.75 Å². The fraction of sp³-hybridized carbons (Fsp3) is 0.333. The van der Waals surface area contributed by atoms with Gasteiger partial charge in [0.25, 0.3) is 0 Å². The molecular weight excluding hydrogens is 270 g/mol. The molecule has 0 aromatic heterocycles. The normalized spacial score (nSPS) is 17.6. The van der Waals surface area contributed by atoms with Crippen molar-refractivity contribution in [2.24, 2.45) is 0 Å². The molecule has 0 atom stereocenters. The van der Waals surface area contributed by atoms with Crippen LogP contribution in [0.1, 0.15) is 43.2 Å². The summed E-state index contributed by atoms with van der Waals surface area (Å²) in [4.78, 5) is 0. The van der Waals surface area contributed by atoms with Crippen molar-refractivity contribution in [3.05, 3.63) is 65.2 Å². The smallest absolute Gasteiger partial charge is 0.130 e. The average Bonchev–Trinajstić information content (AvgIpc) is 2.48. The number of phenolic OH excluding ortho intramolecular Hbond substituents is 1. The summed E-state index contributed by atoms with van der Waals surface area (Å²) in [6.07, 6.45) is 4.46. The Labute approximate surface area is 123 Å². The van der Waals surface area contributed by atoms with Gasteiger partial charge < -0.3 is 5.11 Å². The maximum atomic E-state index is 14.4. The van der Waals surface area contributed by atoms with E-state index in [2.05, 4.69) is 0 Å². The molecule has 1 saturated carbocycles. The van der Waals surface area contributed by atoms with E-state index in [1.54, 1.807) is 24.3 Å². The lowest BCUT2D eigenvalue weighted by Gasteiger charge is -2.39. The molecule has 0 heterocycles. The standard InChI is InChI=1S/C18H18F2O/c19-15-5-4-6-16(20)17(15)18(11-2-1-3-12-18)13-7-9-14(21)10-8-13/h4-10,21H,1-3,11-12H2. The molecule has 0 radical (unpaired) electrons. The predicted octanol–water partition coefficient (Wildman–Crippen LogP) is 4.92. The van der Waals surface area contributed by atoms with Gasteiger partial charge in [-0.25, -0.2) is 8.78 Å². The molecule has 2 aromatic rings. The minimum absolute atomic E-state index is 0.165. The fourth-order valence-electron chi connectivity index (χ4n) is 3.57. The average molecular weight is 288 g/mol. The quantitative estimate of drug-likeness (QED) is 0.831. The molecule has 0 aliphatic heterocycles. The van der Waals surface area contributed by atoms with Crippen LogP contribution in [0.5, 0.6) is 5.75 Å². The van der Waals surface area contributed by atoms with Gasteiger partial charge in [0.15, 0.2) is 0 Å². The molecular formula is C18H18F2O. The lowest BCUT2D eigenvalue weighted by atomic mass is 9.65. The van der Waals surface area contributed by atoms with Crippen molar-refractivity contribution in [2.45, 2.75) is 37.5 Å². The van der Waals surface area contributed by atoms with E-state index >= 15 is 0 Å². The highest BCUT2D eigenvalue weighted by Gasteiger charge is 2.39. The highest BCUT2D eigenvalue weighted by Crippen LogP contribution is 2.46. The molecule has 1 aliphatic carbocycles. The highest BCUT2D eigenvalue weighted by molar-refractivity contribution is 5.43. The summed E-state index contributed by atoms with van der Waals surface area (Å²) in [5.41, 5.74) is 0.431. The summed E-state index contributed by atoms with van der Waals surface area (Å²) < 4.78 is 28.7. The summed E-state index contributed by atoms with van der Waals surface area (Å²) >= 11 is 0. The molecule has 3 rings (SSSR count). The minimum atomic E-state index is -0.624. The van der Waals surface area contributed by atoms with Gasteiger partial charge in [0.1, 0.15) is 17.4 Å². The van der Waals surface area contributed by atoms with Crippen molar-refractivity contribution >= 4 is 0 Å². The van der Waals surface area contributed by atoms with E-state index in [1.165, 1.54) is 18.2 Å². The number of rotatable bonds is 2. The number of aromatic hydroxyl groups is 1. The van der Waals surface area contributed by atoms with Gasteiger partial charge in [0.2, 0.25) is 0 Å². The third-order valence-electron chi connectivity index (χ3n) is 4.57. The molecule has 0 amide bonds. The molecule has 21 heavy (non-hydrogen) atoms. The fourth-order valence-corrected chi connectivity index (χ4v) is 3.57. The third kappa shape index (κ3) is 2.41. The second-order valence-electron chi connectivity index (χ2n) is 5.79. The lowest BCUT2D eigenvalue weighted by molar-refractivity contribution is 0.323. The van der Waals surface area contributed by atoms with Crippen LogP contribution in [0.15, 0.2) is 42.5 Å². The Morgan fingerprint density at radius 1 is 0.810 bits per heavy atom. The zero-order valence-corrected chi connectivity index (χ0v) is 11.8. The molecule has 1 fully saturated rings. The first kappa shape index (κ1) is 14.1.